The number of hydrogen-bond donors (Lipinski definition) is 0. The van der Waals surface area contributed by atoms with Gasteiger partial charge in [0.05, 0.1) is 10.7 Å². The van der Waals surface area contributed by atoms with Crippen LogP contribution in [0.25, 0.3) is 0 Å². The Labute approximate surface area is 84.2 Å². The Kier molecular flexibility index (Phi) is 2.99. The number of aromatic nitrogens is 1. The Morgan fingerprint density at radius 1 is 1.23 bits per heavy atom. The molecule has 1 heterocycles. The molecule has 1 nitrogen and oxygen atoms in total. The molecule has 0 fully saturated rings. The van der Waals surface area contributed by atoms with Crippen molar-refractivity contribution in [3.05, 3.63) is 15.6 Å². The van der Waals surface area contributed by atoms with Gasteiger partial charge in [-0.25, -0.2) is 4.98 Å². The van der Waals surface area contributed by atoms with Gasteiger partial charge < -0.3 is 0 Å². The first-order chi connectivity index (χ1) is 6.40. The van der Waals surface area contributed by atoms with Crippen molar-refractivity contribution in [3.8, 4) is 0 Å². The summed E-state index contributed by atoms with van der Waals surface area (Å²) in [5.74, 6) is 0. The first-order valence-electron chi connectivity index (χ1n) is 5.37. The average Bonchev–Trinajstić information content (AvgIpc) is 2.37. The van der Waals surface area contributed by atoms with Gasteiger partial charge in [0.25, 0.3) is 0 Å². The maximum Gasteiger partial charge on any atom is 0.0931 e. The Morgan fingerprint density at radius 3 is 2.92 bits per heavy atom. The highest BCUT2D eigenvalue weighted by Gasteiger charge is 2.12. The van der Waals surface area contributed by atoms with E-state index < -0.39 is 0 Å². The number of thiazole rings is 1. The molecule has 0 spiro atoms. The average molecular weight is 195 g/mol. The molecule has 0 atom stereocenters. The zero-order chi connectivity index (χ0) is 9.10. The summed E-state index contributed by atoms with van der Waals surface area (Å²) in [4.78, 5) is 6.30. The van der Waals surface area contributed by atoms with Crippen molar-refractivity contribution < 1.29 is 0 Å². The van der Waals surface area contributed by atoms with Gasteiger partial charge in [0.2, 0.25) is 0 Å². The summed E-state index contributed by atoms with van der Waals surface area (Å²) in [6.07, 6.45) is 9.05. The fraction of sp³-hybridized carbons (Fsp3) is 0.727. The van der Waals surface area contributed by atoms with Crippen LogP contribution in [0.4, 0.5) is 0 Å². The predicted molar refractivity (Wildman–Crippen MR) is 57.4 cm³/mol. The second kappa shape index (κ2) is 4.23. The van der Waals surface area contributed by atoms with Crippen LogP contribution in [0.2, 0.25) is 0 Å². The molecule has 13 heavy (non-hydrogen) atoms. The van der Waals surface area contributed by atoms with Crippen LogP contribution in [0.5, 0.6) is 0 Å². The minimum absolute atomic E-state index is 1.18. The van der Waals surface area contributed by atoms with Crippen LogP contribution >= 0.6 is 11.3 Å². The molecule has 2 rings (SSSR count). The van der Waals surface area contributed by atoms with Crippen LogP contribution in [-0.2, 0) is 19.3 Å². The second-order valence-corrected chi connectivity index (χ2v) is 4.96. The lowest BCUT2D eigenvalue weighted by molar-refractivity contribution is 0.707. The zero-order valence-corrected chi connectivity index (χ0v) is 9.12. The lowest BCUT2D eigenvalue weighted by atomic mass is 10.2. The third-order valence-corrected chi connectivity index (χ3v) is 3.82. The summed E-state index contributed by atoms with van der Waals surface area (Å²) in [6.45, 7) is 2.23. The van der Waals surface area contributed by atoms with Crippen molar-refractivity contribution in [2.24, 2.45) is 0 Å². The predicted octanol–water partition coefficient (Wildman–Crippen LogP) is 3.36. The fourth-order valence-electron chi connectivity index (χ4n) is 1.90. The summed E-state index contributed by atoms with van der Waals surface area (Å²) >= 11 is 1.96. The van der Waals surface area contributed by atoms with E-state index >= 15 is 0 Å². The topological polar surface area (TPSA) is 12.9 Å². The molecule has 0 N–H and O–H groups in total. The molecule has 0 bridgehead atoms. The number of nitrogens with zero attached hydrogens (tertiary/aromatic N) is 1. The van der Waals surface area contributed by atoms with Crippen LogP contribution in [-0.4, -0.2) is 4.98 Å². The molecule has 0 unspecified atom stereocenters. The molecule has 0 radical (unpaired) electrons. The van der Waals surface area contributed by atoms with E-state index in [4.69, 9.17) is 4.98 Å². The van der Waals surface area contributed by atoms with Crippen LogP contribution in [0.1, 0.15) is 48.2 Å². The summed E-state index contributed by atoms with van der Waals surface area (Å²) in [5, 5.41) is 1.37. The molecule has 1 aromatic heterocycles. The van der Waals surface area contributed by atoms with Gasteiger partial charge in [0, 0.05) is 4.88 Å². The zero-order valence-electron chi connectivity index (χ0n) is 8.31. The fourth-order valence-corrected chi connectivity index (χ4v) is 3.16. The molecule has 0 saturated heterocycles. The van der Waals surface area contributed by atoms with E-state index in [1.165, 1.54) is 55.6 Å². The molecular formula is C11H17NS. The third-order valence-electron chi connectivity index (χ3n) is 2.60. The molecule has 0 amide bonds. The van der Waals surface area contributed by atoms with Gasteiger partial charge >= 0.3 is 0 Å². The van der Waals surface area contributed by atoms with Crippen molar-refractivity contribution in [1.82, 2.24) is 4.98 Å². The van der Waals surface area contributed by atoms with E-state index in [0.717, 1.165) is 0 Å². The van der Waals surface area contributed by atoms with Gasteiger partial charge in [-0.2, -0.15) is 0 Å². The monoisotopic (exact) mass is 195 g/mol. The highest BCUT2D eigenvalue weighted by Crippen LogP contribution is 2.26. The molecule has 2 heteroatoms. The second-order valence-electron chi connectivity index (χ2n) is 3.79. The lowest BCUT2D eigenvalue weighted by Crippen LogP contribution is -1.87. The van der Waals surface area contributed by atoms with E-state index in [0.29, 0.717) is 0 Å². The van der Waals surface area contributed by atoms with Crippen LogP contribution < -0.4 is 0 Å². The highest BCUT2D eigenvalue weighted by atomic mass is 32.1. The van der Waals surface area contributed by atoms with Crippen molar-refractivity contribution >= 4 is 11.3 Å². The van der Waals surface area contributed by atoms with Crippen LogP contribution in [0, 0.1) is 0 Å². The van der Waals surface area contributed by atoms with Gasteiger partial charge in [-0.1, -0.05) is 13.3 Å². The number of fused-ring (bicyclic) bond motifs is 1. The normalized spacial score (nSPS) is 16.7. The van der Waals surface area contributed by atoms with Gasteiger partial charge in [-0.15, -0.1) is 11.3 Å². The minimum atomic E-state index is 1.18. The van der Waals surface area contributed by atoms with Gasteiger partial charge in [0.1, 0.15) is 0 Å². The van der Waals surface area contributed by atoms with E-state index in [2.05, 4.69) is 6.92 Å². The molecule has 1 aliphatic carbocycles. The molecule has 1 aliphatic rings. The van der Waals surface area contributed by atoms with Crippen molar-refractivity contribution in [2.45, 2.75) is 51.9 Å². The molecule has 0 saturated carbocycles. The summed E-state index contributed by atoms with van der Waals surface area (Å²) < 4.78 is 0. The van der Waals surface area contributed by atoms with Gasteiger partial charge in [-0.3, -0.25) is 0 Å². The van der Waals surface area contributed by atoms with E-state index in [9.17, 15) is 0 Å². The number of aryl methyl sites for hydroxylation is 3. The molecular weight excluding hydrogens is 178 g/mol. The largest absolute Gasteiger partial charge is 0.246 e. The van der Waals surface area contributed by atoms with Crippen LogP contribution in [0.3, 0.4) is 0 Å². The lowest BCUT2D eigenvalue weighted by Gasteiger charge is -1.91. The maximum absolute atomic E-state index is 4.72. The van der Waals surface area contributed by atoms with E-state index in [1.54, 1.807) is 4.88 Å². The quantitative estimate of drug-likeness (QED) is 0.659. The summed E-state index contributed by atoms with van der Waals surface area (Å²) in [6, 6.07) is 0. The Balaban J connectivity index is 2.17. The standard InChI is InChI=1S/C11H17NS/c1-2-6-11-12-9-7-4-3-5-8-10(9)13-11/h2-8H2,1H3. The van der Waals surface area contributed by atoms with Crippen molar-refractivity contribution in [3.63, 3.8) is 0 Å². The molecule has 72 valence electrons. The smallest absolute Gasteiger partial charge is 0.0931 e. The Morgan fingerprint density at radius 2 is 2.08 bits per heavy atom. The maximum atomic E-state index is 4.72. The third kappa shape index (κ3) is 2.11. The first-order valence-corrected chi connectivity index (χ1v) is 6.19. The molecule has 1 aromatic rings. The Bertz CT molecular complexity index is 254. The highest BCUT2D eigenvalue weighted by molar-refractivity contribution is 7.11. The van der Waals surface area contributed by atoms with E-state index in [-0.39, 0.29) is 0 Å². The Hall–Kier alpha value is -0.370. The van der Waals surface area contributed by atoms with E-state index in [1.807, 2.05) is 11.3 Å². The SMILES string of the molecule is CCCc1nc2c(s1)CCCCC2. The molecule has 0 aromatic carbocycles. The minimum Gasteiger partial charge on any atom is -0.246 e. The summed E-state index contributed by atoms with van der Waals surface area (Å²) in [5.41, 5.74) is 1.42. The number of rotatable bonds is 2. The van der Waals surface area contributed by atoms with Crippen LogP contribution in [0.15, 0.2) is 0 Å². The van der Waals surface area contributed by atoms with Gasteiger partial charge in [0.15, 0.2) is 0 Å². The number of hydrogen-bond acceptors (Lipinski definition) is 2. The summed E-state index contributed by atoms with van der Waals surface area (Å²) in [7, 11) is 0. The first kappa shape index (κ1) is 9.20. The molecule has 0 aliphatic heterocycles. The van der Waals surface area contributed by atoms with Gasteiger partial charge in [-0.05, 0) is 38.5 Å². The van der Waals surface area contributed by atoms with Crippen molar-refractivity contribution in [1.29, 1.82) is 0 Å². The van der Waals surface area contributed by atoms with Crippen molar-refractivity contribution in [2.75, 3.05) is 0 Å².